The summed E-state index contributed by atoms with van der Waals surface area (Å²) in [5.41, 5.74) is 5.46. The lowest BCUT2D eigenvalue weighted by atomic mass is 9.92. The van der Waals surface area contributed by atoms with Crippen molar-refractivity contribution in [3.05, 3.63) is 65.2 Å². The van der Waals surface area contributed by atoms with Gasteiger partial charge < -0.3 is 20.3 Å². The third kappa shape index (κ3) is 4.03. The number of aryl methyl sites for hydroxylation is 1. The highest BCUT2D eigenvalue weighted by molar-refractivity contribution is 5.57. The second-order valence-electron chi connectivity index (χ2n) is 7.78. The number of nitrogens with one attached hydrogen (secondary N) is 2. The van der Waals surface area contributed by atoms with Gasteiger partial charge >= 0.3 is 0 Å². The van der Waals surface area contributed by atoms with E-state index in [9.17, 15) is 0 Å². The zero-order valence-electron chi connectivity index (χ0n) is 16.4. The molecule has 4 heteroatoms. The van der Waals surface area contributed by atoms with Crippen molar-refractivity contribution in [3.63, 3.8) is 0 Å². The first-order valence-corrected chi connectivity index (χ1v) is 10.2. The first-order valence-electron chi connectivity index (χ1n) is 10.2. The lowest BCUT2D eigenvalue weighted by molar-refractivity contribution is 0.0923. The molecule has 2 aliphatic heterocycles. The van der Waals surface area contributed by atoms with Crippen molar-refractivity contribution in [1.29, 1.82) is 0 Å². The van der Waals surface area contributed by atoms with E-state index in [1.807, 2.05) is 0 Å². The molecule has 2 N–H and O–H groups in total. The van der Waals surface area contributed by atoms with E-state index in [-0.39, 0.29) is 6.23 Å². The average Bonchev–Trinajstić information content (AvgIpc) is 2.73. The lowest BCUT2D eigenvalue weighted by Crippen LogP contribution is -2.45. The van der Waals surface area contributed by atoms with E-state index in [1.165, 1.54) is 35.2 Å². The van der Waals surface area contributed by atoms with Gasteiger partial charge in [-0.05, 0) is 55.0 Å². The second-order valence-corrected chi connectivity index (χ2v) is 7.78. The molecule has 2 aromatic rings. The molecule has 3 unspecified atom stereocenters. The van der Waals surface area contributed by atoms with Gasteiger partial charge in [0.05, 0.1) is 0 Å². The predicted molar refractivity (Wildman–Crippen MR) is 111 cm³/mol. The van der Waals surface area contributed by atoms with Crippen LogP contribution in [0.3, 0.4) is 0 Å². The molecule has 0 aromatic heterocycles. The highest BCUT2D eigenvalue weighted by Gasteiger charge is 2.26. The Bertz CT molecular complexity index is 749. The Kier molecular flexibility index (Phi) is 5.77. The van der Waals surface area contributed by atoms with Crippen LogP contribution < -0.4 is 15.5 Å². The predicted octanol–water partition coefficient (Wildman–Crippen LogP) is 3.62. The summed E-state index contributed by atoms with van der Waals surface area (Å²) in [6.07, 6.45) is 4.77. The molecule has 2 heterocycles. The van der Waals surface area contributed by atoms with Gasteiger partial charge in [0.25, 0.3) is 0 Å². The van der Waals surface area contributed by atoms with Gasteiger partial charge in [0.2, 0.25) is 0 Å². The smallest absolute Gasteiger partial charge is 0.129 e. The normalized spacial score (nSPS) is 25.3. The van der Waals surface area contributed by atoms with E-state index >= 15 is 0 Å². The van der Waals surface area contributed by atoms with Crippen molar-refractivity contribution in [2.45, 2.75) is 50.5 Å². The first-order chi connectivity index (χ1) is 13.3. The van der Waals surface area contributed by atoms with Crippen LogP contribution in [-0.4, -0.2) is 33.0 Å². The SMILES string of the molecule is COC1CCc2ccc(CNC3CCCNC3c3ccccc3)cc2N1C. The molecule has 0 bridgehead atoms. The standard InChI is InChI=1S/C23H31N3O/c1-26-21-15-17(10-11-18(21)12-13-22(26)27-2)16-25-20-9-6-14-24-23(20)19-7-4-3-5-8-19/h3-5,7-8,10-11,15,20,22-25H,6,9,12-14,16H2,1-2H3. The number of rotatable bonds is 5. The van der Waals surface area contributed by atoms with Crippen molar-refractivity contribution in [2.24, 2.45) is 0 Å². The summed E-state index contributed by atoms with van der Waals surface area (Å²) < 4.78 is 5.62. The molecule has 144 valence electrons. The van der Waals surface area contributed by atoms with Crippen molar-refractivity contribution >= 4 is 5.69 Å². The maximum absolute atomic E-state index is 5.62. The first kappa shape index (κ1) is 18.5. The largest absolute Gasteiger partial charge is 0.362 e. The molecule has 0 radical (unpaired) electrons. The summed E-state index contributed by atoms with van der Waals surface area (Å²) in [4.78, 5) is 2.28. The van der Waals surface area contributed by atoms with E-state index in [2.05, 4.69) is 71.1 Å². The molecule has 27 heavy (non-hydrogen) atoms. The van der Waals surface area contributed by atoms with E-state index < -0.39 is 0 Å². The molecule has 2 aromatic carbocycles. The van der Waals surface area contributed by atoms with Crippen molar-refractivity contribution in [1.82, 2.24) is 10.6 Å². The van der Waals surface area contributed by atoms with Crippen LogP contribution in [0.4, 0.5) is 5.69 Å². The fourth-order valence-electron chi connectivity index (χ4n) is 4.53. The Morgan fingerprint density at radius 2 is 2.00 bits per heavy atom. The van der Waals surface area contributed by atoms with Crippen LogP contribution in [-0.2, 0) is 17.7 Å². The molecular formula is C23H31N3O. The number of nitrogens with zero attached hydrogens (tertiary/aromatic N) is 1. The average molecular weight is 366 g/mol. The summed E-state index contributed by atoms with van der Waals surface area (Å²) in [6, 6.07) is 18.6. The number of ether oxygens (including phenoxy) is 1. The molecule has 0 spiro atoms. The molecule has 0 amide bonds. The van der Waals surface area contributed by atoms with E-state index in [0.29, 0.717) is 12.1 Å². The Balaban J connectivity index is 1.46. The summed E-state index contributed by atoms with van der Waals surface area (Å²) in [7, 11) is 3.94. The van der Waals surface area contributed by atoms with Crippen LogP contribution in [0.15, 0.2) is 48.5 Å². The van der Waals surface area contributed by atoms with Gasteiger partial charge in [0.1, 0.15) is 6.23 Å². The molecular weight excluding hydrogens is 334 g/mol. The van der Waals surface area contributed by atoms with Gasteiger partial charge in [-0.15, -0.1) is 0 Å². The van der Waals surface area contributed by atoms with Gasteiger partial charge in [-0.1, -0.05) is 42.5 Å². The van der Waals surface area contributed by atoms with Gasteiger partial charge in [0.15, 0.2) is 0 Å². The van der Waals surface area contributed by atoms with Crippen LogP contribution >= 0.6 is 0 Å². The number of piperidine rings is 1. The molecule has 0 aliphatic carbocycles. The summed E-state index contributed by atoms with van der Waals surface area (Å²) in [6.45, 7) is 1.99. The van der Waals surface area contributed by atoms with Crippen molar-refractivity contribution in [3.8, 4) is 0 Å². The Labute approximate surface area is 162 Å². The van der Waals surface area contributed by atoms with Crippen LogP contribution in [0.25, 0.3) is 0 Å². The Morgan fingerprint density at radius 3 is 2.81 bits per heavy atom. The molecule has 1 saturated heterocycles. The fourth-order valence-corrected chi connectivity index (χ4v) is 4.53. The number of hydrogen-bond donors (Lipinski definition) is 2. The van der Waals surface area contributed by atoms with Crippen molar-refractivity contribution in [2.75, 3.05) is 25.6 Å². The number of anilines is 1. The van der Waals surface area contributed by atoms with E-state index in [1.54, 1.807) is 7.11 Å². The lowest BCUT2D eigenvalue weighted by Gasteiger charge is -2.36. The Hall–Kier alpha value is -1.88. The number of hydrogen-bond acceptors (Lipinski definition) is 4. The zero-order valence-corrected chi connectivity index (χ0v) is 16.4. The number of benzene rings is 2. The minimum atomic E-state index is 0.186. The molecule has 4 rings (SSSR count). The summed E-state index contributed by atoms with van der Waals surface area (Å²) >= 11 is 0. The van der Waals surface area contributed by atoms with E-state index in [0.717, 1.165) is 25.9 Å². The topological polar surface area (TPSA) is 36.5 Å². The molecule has 4 nitrogen and oxygen atoms in total. The summed E-state index contributed by atoms with van der Waals surface area (Å²) in [5.74, 6) is 0. The van der Waals surface area contributed by atoms with Gasteiger partial charge in [-0.25, -0.2) is 0 Å². The van der Waals surface area contributed by atoms with Gasteiger partial charge in [-0.2, -0.15) is 0 Å². The third-order valence-electron chi connectivity index (χ3n) is 6.08. The van der Waals surface area contributed by atoms with Crippen LogP contribution in [0.5, 0.6) is 0 Å². The molecule has 1 fully saturated rings. The van der Waals surface area contributed by atoms with Gasteiger partial charge in [0, 0.05) is 38.5 Å². The Morgan fingerprint density at radius 1 is 1.15 bits per heavy atom. The maximum Gasteiger partial charge on any atom is 0.129 e. The van der Waals surface area contributed by atoms with Gasteiger partial charge in [-0.3, -0.25) is 0 Å². The van der Waals surface area contributed by atoms with Crippen LogP contribution in [0.2, 0.25) is 0 Å². The third-order valence-corrected chi connectivity index (χ3v) is 6.08. The maximum atomic E-state index is 5.62. The fraction of sp³-hybridized carbons (Fsp3) is 0.478. The number of fused-ring (bicyclic) bond motifs is 1. The molecule has 0 saturated carbocycles. The van der Waals surface area contributed by atoms with Crippen LogP contribution in [0, 0.1) is 0 Å². The zero-order chi connectivity index (χ0) is 18.6. The van der Waals surface area contributed by atoms with Crippen LogP contribution in [0.1, 0.15) is 42.0 Å². The minimum absolute atomic E-state index is 0.186. The minimum Gasteiger partial charge on any atom is -0.362 e. The highest BCUT2D eigenvalue weighted by Crippen LogP contribution is 2.31. The van der Waals surface area contributed by atoms with Crippen molar-refractivity contribution < 1.29 is 4.74 Å². The molecule has 3 atom stereocenters. The summed E-state index contributed by atoms with van der Waals surface area (Å²) in [5, 5.41) is 7.53. The second kappa shape index (κ2) is 8.42. The molecule has 2 aliphatic rings. The monoisotopic (exact) mass is 365 g/mol. The van der Waals surface area contributed by atoms with E-state index in [4.69, 9.17) is 4.74 Å². The highest BCUT2D eigenvalue weighted by atomic mass is 16.5. The quantitative estimate of drug-likeness (QED) is 0.848. The number of methoxy groups -OCH3 is 1.